The van der Waals surface area contributed by atoms with Crippen LogP contribution in [0.25, 0.3) is 0 Å². The molecule has 12 heteroatoms. The van der Waals surface area contributed by atoms with Crippen molar-refractivity contribution in [2.45, 2.75) is 30.9 Å². The van der Waals surface area contributed by atoms with E-state index in [1.165, 1.54) is 0 Å². The van der Waals surface area contributed by atoms with Crippen molar-refractivity contribution >= 4 is 0 Å². The summed E-state index contributed by atoms with van der Waals surface area (Å²) in [4.78, 5) is 0. The van der Waals surface area contributed by atoms with Crippen molar-refractivity contribution in [1.82, 2.24) is 4.57 Å². The van der Waals surface area contributed by atoms with Gasteiger partial charge in [0.2, 0.25) is 6.33 Å². The van der Waals surface area contributed by atoms with Gasteiger partial charge in [-0.25, -0.2) is 4.57 Å². The smallest absolute Gasteiger partial charge is 0.227 e. The van der Waals surface area contributed by atoms with Crippen LogP contribution in [0.3, 0.4) is 0 Å². The standard InChI is InChI=1S/C8H5F10N2/c9-5(10,11)3-19-1-2-20(4-19)6(12,7(13,14)15)8(16,17)18/h1-2,4H,3H2/q+1. The molecule has 2 nitrogen and oxygen atoms in total. The molecule has 116 valence electrons. The number of hydrogen-bond acceptors (Lipinski definition) is 0. The second-order valence-corrected chi connectivity index (χ2v) is 3.73. The van der Waals surface area contributed by atoms with Crippen LogP contribution in [0.5, 0.6) is 0 Å². The maximum Gasteiger partial charge on any atom is 0.474 e. The van der Waals surface area contributed by atoms with Crippen molar-refractivity contribution in [2.75, 3.05) is 0 Å². The lowest BCUT2D eigenvalue weighted by atomic mass is 10.2. The second-order valence-electron chi connectivity index (χ2n) is 3.73. The van der Waals surface area contributed by atoms with Gasteiger partial charge in [-0.05, 0) is 0 Å². The Balaban J connectivity index is 3.26. The summed E-state index contributed by atoms with van der Waals surface area (Å²) in [6, 6.07) is 0. The predicted molar refractivity (Wildman–Crippen MR) is 41.9 cm³/mol. The van der Waals surface area contributed by atoms with Crippen molar-refractivity contribution < 1.29 is 48.5 Å². The Labute approximate surface area is 104 Å². The fraction of sp³-hybridized carbons (Fsp3) is 0.625. The molecule has 0 bridgehead atoms. The molecule has 1 aromatic heterocycles. The normalized spacial score (nSPS) is 14.7. The third-order valence-corrected chi connectivity index (χ3v) is 2.16. The van der Waals surface area contributed by atoms with Crippen LogP contribution < -0.4 is 4.57 Å². The highest BCUT2D eigenvalue weighted by atomic mass is 19.4. The molecule has 1 heterocycles. The van der Waals surface area contributed by atoms with Gasteiger partial charge in [-0.2, -0.15) is 48.5 Å². The van der Waals surface area contributed by atoms with Crippen molar-refractivity contribution in [2.24, 2.45) is 0 Å². The van der Waals surface area contributed by atoms with E-state index in [4.69, 9.17) is 0 Å². The van der Waals surface area contributed by atoms with Crippen molar-refractivity contribution in [3.63, 3.8) is 0 Å². The summed E-state index contributed by atoms with van der Waals surface area (Å²) < 4.78 is 122. The van der Waals surface area contributed by atoms with Gasteiger partial charge in [0.1, 0.15) is 12.4 Å². The van der Waals surface area contributed by atoms with Gasteiger partial charge in [0.25, 0.3) is 0 Å². The zero-order valence-corrected chi connectivity index (χ0v) is 9.11. The summed E-state index contributed by atoms with van der Waals surface area (Å²) in [5.74, 6) is -5.81. The molecule has 0 atom stereocenters. The molecule has 0 aromatic carbocycles. The lowest BCUT2D eigenvalue weighted by Crippen LogP contribution is -2.55. The first kappa shape index (κ1) is 16.6. The van der Waals surface area contributed by atoms with E-state index in [2.05, 4.69) is 0 Å². The minimum Gasteiger partial charge on any atom is -0.227 e. The van der Waals surface area contributed by atoms with Crippen LogP contribution in [-0.2, 0) is 12.3 Å². The average Bonchev–Trinajstić information content (AvgIpc) is 2.58. The molecule has 0 saturated carbocycles. The van der Waals surface area contributed by atoms with Gasteiger partial charge in [-0.15, -0.1) is 0 Å². The number of imidazole rings is 1. The summed E-state index contributed by atoms with van der Waals surface area (Å²) in [5, 5.41) is 0. The SMILES string of the molecule is FC(F)(F)C[n+]1ccn(C(F)(C(F)(F)F)C(F)(F)F)c1. The third kappa shape index (κ3) is 2.98. The van der Waals surface area contributed by atoms with E-state index in [9.17, 15) is 43.9 Å². The monoisotopic (exact) mass is 319 g/mol. The van der Waals surface area contributed by atoms with Gasteiger partial charge in [0.15, 0.2) is 6.54 Å². The topological polar surface area (TPSA) is 8.81 Å². The Morgan fingerprint density at radius 1 is 0.800 bits per heavy atom. The number of aromatic nitrogens is 2. The summed E-state index contributed by atoms with van der Waals surface area (Å²) in [6.07, 6.45) is -17.7. The Hall–Kier alpha value is -1.49. The fourth-order valence-electron chi connectivity index (χ4n) is 1.33. The zero-order valence-electron chi connectivity index (χ0n) is 9.11. The van der Waals surface area contributed by atoms with Gasteiger partial charge in [-0.1, -0.05) is 0 Å². The van der Waals surface area contributed by atoms with E-state index in [0.29, 0.717) is 0 Å². The first-order valence-corrected chi connectivity index (χ1v) is 4.65. The second kappa shape index (κ2) is 4.52. The molecule has 0 radical (unpaired) electrons. The maximum absolute atomic E-state index is 13.4. The lowest BCUT2D eigenvalue weighted by molar-refractivity contribution is -0.719. The molecule has 0 spiro atoms. The van der Waals surface area contributed by atoms with Crippen LogP contribution in [0.4, 0.5) is 43.9 Å². The van der Waals surface area contributed by atoms with E-state index < -0.39 is 35.4 Å². The van der Waals surface area contributed by atoms with Gasteiger partial charge in [0, 0.05) is 0 Å². The summed E-state index contributed by atoms with van der Waals surface area (Å²) in [6.45, 7) is -1.86. The van der Waals surface area contributed by atoms with E-state index in [1.54, 1.807) is 0 Å². The Kier molecular flexibility index (Phi) is 3.74. The summed E-state index contributed by atoms with van der Waals surface area (Å²) >= 11 is 0. The molecule has 0 fully saturated rings. The highest BCUT2D eigenvalue weighted by molar-refractivity contribution is 4.92. The summed E-state index contributed by atoms with van der Waals surface area (Å²) in [5.41, 5.74) is 0. The Bertz CT molecular complexity index is 451. The van der Waals surface area contributed by atoms with Crippen molar-refractivity contribution in [3.05, 3.63) is 18.7 Å². The van der Waals surface area contributed by atoms with Crippen LogP contribution in [0.1, 0.15) is 0 Å². The molecule has 0 aliphatic rings. The van der Waals surface area contributed by atoms with E-state index in [1.807, 2.05) is 0 Å². The molecule has 0 N–H and O–H groups in total. The Morgan fingerprint density at radius 2 is 1.25 bits per heavy atom. The molecular formula is C8H5F10N2+. The molecule has 0 aliphatic heterocycles. The molecule has 0 aliphatic carbocycles. The van der Waals surface area contributed by atoms with Crippen LogP contribution in [0.2, 0.25) is 0 Å². The van der Waals surface area contributed by atoms with Gasteiger partial charge < -0.3 is 0 Å². The first-order chi connectivity index (χ1) is 8.68. The number of alkyl halides is 10. The fourth-order valence-corrected chi connectivity index (χ4v) is 1.33. The molecular weight excluding hydrogens is 314 g/mol. The first-order valence-electron chi connectivity index (χ1n) is 4.65. The Morgan fingerprint density at radius 3 is 1.60 bits per heavy atom. The van der Waals surface area contributed by atoms with Gasteiger partial charge in [0.05, 0.1) is 0 Å². The maximum atomic E-state index is 13.4. The minimum absolute atomic E-state index is 0.0498. The van der Waals surface area contributed by atoms with Crippen molar-refractivity contribution in [3.8, 4) is 0 Å². The van der Waals surface area contributed by atoms with Gasteiger partial charge >= 0.3 is 24.3 Å². The van der Waals surface area contributed by atoms with Crippen LogP contribution in [-0.4, -0.2) is 23.1 Å². The van der Waals surface area contributed by atoms with E-state index >= 15 is 0 Å². The number of halogens is 10. The molecule has 1 aromatic rings. The van der Waals surface area contributed by atoms with Gasteiger partial charge in [-0.3, -0.25) is 0 Å². The molecule has 1 rings (SSSR count). The molecule has 0 saturated heterocycles. The van der Waals surface area contributed by atoms with E-state index in [-0.39, 0.29) is 23.3 Å². The number of hydrogen-bond donors (Lipinski definition) is 0. The molecule has 0 amide bonds. The minimum atomic E-state index is -6.39. The van der Waals surface area contributed by atoms with E-state index in [0.717, 1.165) is 0 Å². The average molecular weight is 319 g/mol. The molecule has 0 unspecified atom stereocenters. The largest absolute Gasteiger partial charge is 0.474 e. The quantitative estimate of drug-likeness (QED) is 0.585. The number of nitrogens with zero attached hydrogens (tertiary/aromatic N) is 2. The van der Waals surface area contributed by atoms with Crippen LogP contribution >= 0.6 is 0 Å². The summed E-state index contributed by atoms with van der Waals surface area (Å²) in [7, 11) is 0. The highest BCUT2D eigenvalue weighted by Gasteiger charge is 2.78. The van der Waals surface area contributed by atoms with Crippen molar-refractivity contribution in [1.29, 1.82) is 0 Å². The molecule has 20 heavy (non-hydrogen) atoms. The highest BCUT2D eigenvalue weighted by Crippen LogP contribution is 2.49. The third-order valence-electron chi connectivity index (χ3n) is 2.16. The predicted octanol–water partition coefficient (Wildman–Crippen LogP) is 3.08. The van der Waals surface area contributed by atoms with Crippen LogP contribution in [0, 0.1) is 0 Å². The van der Waals surface area contributed by atoms with Crippen LogP contribution in [0.15, 0.2) is 18.7 Å². The number of rotatable bonds is 2. The zero-order chi connectivity index (χ0) is 16.0. The lowest BCUT2D eigenvalue weighted by Gasteiger charge is -2.26.